The minimum atomic E-state index is -0.444. The lowest BCUT2D eigenvalue weighted by Crippen LogP contribution is -1.97. The first kappa shape index (κ1) is 13.4. The van der Waals surface area contributed by atoms with Gasteiger partial charge in [0.2, 0.25) is 0 Å². The van der Waals surface area contributed by atoms with Crippen molar-refractivity contribution in [3.63, 3.8) is 0 Å². The highest BCUT2D eigenvalue weighted by atomic mass is 19.1. The van der Waals surface area contributed by atoms with Crippen LogP contribution in [0.2, 0.25) is 0 Å². The second-order valence-corrected chi connectivity index (χ2v) is 3.70. The summed E-state index contributed by atoms with van der Waals surface area (Å²) >= 11 is 0. The van der Waals surface area contributed by atoms with E-state index in [1.807, 2.05) is 0 Å². The van der Waals surface area contributed by atoms with Gasteiger partial charge in [0.15, 0.2) is 0 Å². The first-order valence-electron chi connectivity index (χ1n) is 5.67. The van der Waals surface area contributed by atoms with Crippen LogP contribution in [0, 0.1) is 10.1 Å². The zero-order valence-electron chi connectivity index (χ0n) is 9.60. The number of alkyl halides is 1. The molecule has 0 bridgehead atoms. The molecule has 1 aromatic rings. The van der Waals surface area contributed by atoms with Crippen molar-refractivity contribution in [3.8, 4) is 5.75 Å². The van der Waals surface area contributed by atoms with Gasteiger partial charge in [-0.05, 0) is 31.4 Å². The molecule has 0 heterocycles. The molecule has 0 saturated carbocycles. The van der Waals surface area contributed by atoms with Crippen LogP contribution in [-0.4, -0.2) is 18.2 Å². The van der Waals surface area contributed by atoms with E-state index in [0.717, 1.165) is 19.3 Å². The Morgan fingerprint density at radius 2 is 1.76 bits per heavy atom. The zero-order valence-corrected chi connectivity index (χ0v) is 9.60. The number of nitrogens with zero attached hydrogens (tertiary/aromatic N) is 1. The number of nitro groups is 1. The maximum absolute atomic E-state index is 11.8. The first-order chi connectivity index (χ1) is 8.24. The van der Waals surface area contributed by atoms with E-state index in [4.69, 9.17) is 4.74 Å². The fourth-order valence-corrected chi connectivity index (χ4v) is 1.40. The second kappa shape index (κ2) is 7.60. The van der Waals surface area contributed by atoms with Gasteiger partial charge in [-0.1, -0.05) is 6.42 Å². The van der Waals surface area contributed by atoms with Gasteiger partial charge >= 0.3 is 0 Å². The molecule has 0 aliphatic heterocycles. The Kier molecular flexibility index (Phi) is 5.99. The number of nitro benzene ring substituents is 1. The largest absolute Gasteiger partial charge is 0.494 e. The molecule has 0 unspecified atom stereocenters. The minimum absolute atomic E-state index is 0.0558. The van der Waals surface area contributed by atoms with E-state index in [0.29, 0.717) is 18.8 Å². The van der Waals surface area contributed by atoms with Gasteiger partial charge in [-0.2, -0.15) is 0 Å². The summed E-state index contributed by atoms with van der Waals surface area (Å²) in [5.41, 5.74) is 0.0558. The number of ether oxygens (including phenoxy) is 1. The summed E-state index contributed by atoms with van der Waals surface area (Å²) in [5, 5.41) is 10.4. The molecular weight excluding hydrogens is 225 g/mol. The predicted molar refractivity (Wildman–Crippen MR) is 63.0 cm³/mol. The van der Waals surface area contributed by atoms with Crippen molar-refractivity contribution in [1.82, 2.24) is 0 Å². The van der Waals surface area contributed by atoms with Gasteiger partial charge in [0.25, 0.3) is 5.69 Å². The third kappa shape index (κ3) is 5.29. The molecule has 0 aromatic heterocycles. The SMILES string of the molecule is O=[N+]([O-])c1ccc(OCCCCCCF)cc1. The third-order valence-electron chi connectivity index (χ3n) is 2.34. The van der Waals surface area contributed by atoms with Crippen molar-refractivity contribution < 1.29 is 14.1 Å². The van der Waals surface area contributed by atoms with Gasteiger partial charge in [0.05, 0.1) is 18.2 Å². The van der Waals surface area contributed by atoms with E-state index in [-0.39, 0.29) is 12.4 Å². The Morgan fingerprint density at radius 3 is 2.35 bits per heavy atom. The molecule has 0 aliphatic carbocycles. The van der Waals surface area contributed by atoms with Crippen molar-refractivity contribution >= 4 is 5.69 Å². The van der Waals surface area contributed by atoms with Gasteiger partial charge in [-0.25, -0.2) is 0 Å². The van der Waals surface area contributed by atoms with Crippen LogP contribution in [0.5, 0.6) is 5.75 Å². The lowest BCUT2D eigenvalue weighted by atomic mass is 10.2. The number of non-ortho nitro benzene ring substituents is 1. The average molecular weight is 241 g/mol. The van der Waals surface area contributed by atoms with Crippen molar-refractivity contribution in [2.24, 2.45) is 0 Å². The maximum atomic E-state index is 11.8. The van der Waals surface area contributed by atoms with Crippen LogP contribution in [0.4, 0.5) is 10.1 Å². The molecule has 0 spiro atoms. The van der Waals surface area contributed by atoms with Gasteiger partial charge in [0.1, 0.15) is 5.75 Å². The molecule has 0 saturated heterocycles. The van der Waals surface area contributed by atoms with Gasteiger partial charge in [0, 0.05) is 12.1 Å². The highest BCUT2D eigenvalue weighted by molar-refractivity contribution is 5.35. The lowest BCUT2D eigenvalue weighted by Gasteiger charge is -2.05. The molecule has 17 heavy (non-hydrogen) atoms. The van der Waals surface area contributed by atoms with Crippen LogP contribution in [0.15, 0.2) is 24.3 Å². The fraction of sp³-hybridized carbons (Fsp3) is 0.500. The molecule has 1 aromatic carbocycles. The summed E-state index contributed by atoms with van der Waals surface area (Å²) in [6, 6.07) is 6.00. The molecule has 0 amide bonds. The fourth-order valence-electron chi connectivity index (χ4n) is 1.40. The van der Waals surface area contributed by atoms with Crippen molar-refractivity contribution in [2.45, 2.75) is 25.7 Å². The van der Waals surface area contributed by atoms with Gasteiger partial charge < -0.3 is 4.74 Å². The van der Waals surface area contributed by atoms with Crippen LogP contribution in [0.1, 0.15) is 25.7 Å². The number of hydrogen-bond acceptors (Lipinski definition) is 3. The smallest absolute Gasteiger partial charge is 0.269 e. The summed E-state index contributed by atoms with van der Waals surface area (Å²) in [4.78, 5) is 9.96. The number of benzene rings is 1. The van der Waals surface area contributed by atoms with Crippen LogP contribution < -0.4 is 4.74 Å². The Morgan fingerprint density at radius 1 is 1.12 bits per heavy atom. The van der Waals surface area contributed by atoms with Crippen molar-refractivity contribution in [3.05, 3.63) is 34.4 Å². The normalized spacial score (nSPS) is 10.2. The molecule has 0 aliphatic rings. The number of unbranched alkanes of at least 4 members (excludes halogenated alkanes) is 3. The molecule has 0 radical (unpaired) electrons. The van der Waals surface area contributed by atoms with E-state index in [1.54, 1.807) is 12.1 Å². The number of halogens is 1. The topological polar surface area (TPSA) is 52.4 Å². The van der Waals surface area contributed by atoms with E-state index >= 15 is 0 Å². The van der Waals surface area contributed by atoms with Crippen LogP contribution in [0.3, 0.4) is 0 Å². The molecule has 5 heteroatoms. The maximum Gasteiger partial charge on any atom is 0.269 e. The van der Waals surface area contributed by atoms with Gasteiger partial charge in [-0.15, -0.1) is 0 Å². The molecular formula is C12H16FNO3. The summed E-state index contributed by atoms with van der Waals surface area (Å²) < 4.78 is 17.2. The van der Waals surface area contributed by atoms with Crippen LogP contribution >= 0.6 is 0 Å². The highest BCUT2D eigenvalue weighted by Gasteiger charge is 2.03. The minimum Gasteiger partial charge on any atom is -0.494 e. The summed E-state index contributed by atoms with van der Waals surface area (Å²) in [6.45, 7) is 0.299. The van der Waals surface area contributed by atoms with E-state index in [9.17, 15) is 14.5 Å². The summed E-state index contributed by atoms with van der Waals surface area (Å²) in [6.07, 6.45) is 3.30. The van der Waals surface area contributed by atoms with Gasteiger partial charge in [-0.3, -0.25) is 14.5 Å². The first-order valence-corrected chi connectivity index (χ1v) is 5.67. The van der Waals surface area contributed by atoms with E-state index in [2.05, 4.69) is 0 Å². The Bertz CT molecular complexity index is 340. The average Bonchev–Trinajstić information content (AvgIpc) is 2.34. The molecule has 0 fully saturated rings. The zero-order chi connectivity index (χ0) is 12.5. The van der Waals surface area contributed by atoms with Crippen LogP contribution in [-0.2, 0) is 0 Å². The Hall–Kier alpha value is -1.65. The standard InChI is InChI=1S/C12H16FNO3/c13-9-3-1-2-4-10-17-12-7-5-11(6-8-12)14(15)16/h5-8H,1-4,9-10H2. The quantitative estimate of drug-likeness (QED) is 0.397. The molecule has 0 atom stereocenters. The highest BCUT2D eigenvalue weighted by Crippen LogP contribution is 2.17. The van der Waals surface area contributed by atoms with E-state index < -0.39 is 4.92 Å². The Labute approximate surface area is 99.6 Å². The molecule has 4 nitrogen and oxygen atoms in total. The molecule has 0 N–H and O–H groups in total. The Balaban J connectivity index is 2.21. The molecule has 1 rings (SSSR count). The summed E-state index contributed by atoms with van der Waals surface area (Å²) in [5.74, 6) is 0.626. The number of rotatable bonds is 8. The predicted octanol–water partition coefficient (Wildman–Crippen LogP) is 3.50. The van der Waals surface area contributed by atoms with Crippen LogP contribution in [0.25, 0.3) is 0 Å². The monoisotopic (exact) mass is 241 g/mol. The van der Waals surface area contributed by atoms with Crippen molar-refractivity contribution in [1.29, 1.82) is 0 Å². The second-order valence-electron chi connectivity index (χ2n) is 3.70. The lowest BCUT2D eigenvalue weighted by molar-refractivity contribution is -0.384. The van der Waals surface area contributed by atoms with E-state index in [1.165, 1.54) is 12.1 Å². The van der Waals surface area contributed by atoms with Crippen molar-refractivity contribution in [2.75, 3.05) is 13.3 Å². The summed E-state index contributed by atoms with van der Waals surface area (Å²) in [7, 11) is 0. The number of hydrogen-bond donors (Lipinski definition) is 0. The molecule has 94 valence electrons. The third-order valence-corrected chi connectivity index (χ3v) is 2.34.